The van der Waals surface area contributed by atoms with Crippen molar-refractivity contribution in [1.82, 2.24) is 10.2 Å². The van der Waals surface area contributed by atoms with Gasteiger partial charge in [-0.2, -0.15) is 0 Å². The Labute approximate surface area is 233 Å². The molecule has 0 spiro atoms. The van der Waals surface area contributed by atoms with Crippen LogP contribution in [0.4, 0.5) is 4.39 Å². The van der Waals surface area contributed by atoms with Crippen LogP contribution in [0.15, 0.2) is 126 Å². The van der Waals surface area contributed by atoms with Crippen LogP contribution in [-0.4, -0.2) is 17.9 Å². The number of methoxy groups -OCH3 is 1. The fraction of sp³-hybridized carbons (Fsp3) is 0.147. The lowest BCUT2D eigenvalue weighted by Gasteiger charge is -2.22. The Morgan fingerprint density at radius 3 is 2.05 bits per heavy atom. The number of benzene rings is 4. The highest BCUT2D eigenvalue weighted by Gasteiger charge is 2.20. The molecular weight excluding hydrogens is 503 g/mol. The van der Waals surface area contributed by atoms with Crippen molar-refractivity contribution < 1.29 is 18.3 Å². The predicted octanol–water partition coefficient (Wildman–Crippen LogP) is 7.15. The van der Waals surface area contributed by atoms with Gasteiger partial charge >= 0.3 is 0 Å². The molecule has 4 aromatic carbocycles. The smallest absolute Gasteiger partial charge is 0.287 e. The van der Waals surface area contributed by atoms with Gasteiger partial charge in [0.1, 0.15) is 17.3 Å². The molecule has 5 rings (SSSR count). The fourth-order valence-corrected chi connectivity index (χ4v) is 4.71. The molecule has 5 nitrogen and oxygen atoms in total. The summed E-state index contributed by atoms with van der Waals surface area (Å²) in [5.74, 6) is 1.10. The largest absolute Gasteiger partial charge is 0.497 e. The van der Waals surface area contributed by atoms with E-state index in [2.05, 4.69) is 10.2 Å². The Morgan fingerprint density at radius 1 is 0.775 bits per heavy atom. The summed E-state index contributed by atoms with van der Waals surface area (Å²) in [7, 11) is 1.64. The highest BCUT2D eigenvalue weighted by atomic mass is 19.1. The molecule has 0 radical (unpaired) electrons. The third-order valence-corrected chi connectivity index (χ3v) is 6.67. The van der Waals surface area contributed by atoms with Crippen LogP contribution in [0.5, 0.6) is 5.75 Å². The predicted molar refractivity (Wildman–Crippen MR) is 153 cm³/mol. The molecule has 1 amide bonds. The zero-order valence-electron chi connectivity index (χ0n) is 22.3. The normalized spacial score (nSPS) is 11.1. The third kappa shape index (κ3) is 7.04. The van der Waals surface area contributed by atoms with Gasteiger partial charge in [0.05, 0.1) is 19.7 Å². The molecule has 0 bridgehead atoms. The lowest BCUT2D eigenvalue weighted by molar-refractivity contribution is 0.0910. The van der Waals surface area contributed by atoms with Crippen molar-refractivity contribution in [1.29, 1.82) is 0 Å². The van der Waals surface area contributed by atoms with Gasteiger partial charge in [-0.25, -0.2) is 4.39 Å². The average molecular weight is 535 g/mol. The molecule has 0 aliphatic heterocycles. The van der Waals surface area contributed by atoms with Gasteiger partial charge in [0.2, 0.25) is 0 Å². The zero-order valence-corrected chi connectivity index (χ0v) is 22.3. The zero-order chi connectivity index (χ0) is 27.7. The number of halogens is 1. The second-order valence-electron chi connectivity index (χ2n) is 9.62. The van der Waals surface area contributed by atoms with E-state index in [1.165, 1.54) is 12.1 Å². The summed E-state index contributed by atoms with van der Waals surface area (Å²) in [6.07, 6.45) is 0. The minimum Gasteiger partial charge on any atom is -0.497 e. The van der Waals surface area contributed by atoms with E-state index in [0.717, 1.165) is 28.0 Å². The summed E-state index contributed by atoms with van der Waals surface area (Å²) in [5, 5.41) is 3.13. The molecule has 40 heavy (non-hydrogen) atoms. The maximum atomic E-state index is 13.9. The number of ether oxygens (including phenoxy) is 1. The maximum Gasteiger partial charge on any atom is 0.287 e. The summed E-state index contributed by atoms with van der Waals surface area (Å²) in [6.45, 7) is 1.56. The molecule has 1 N–H and O–H groups in total. The van der Waals surface area contributed by atoms with E-state index in [4.69, 9.17) is 9.15 Å². The summed E-state index contributed by atoms with van der Waals surface area (Å²) in [6, 6.07) is 37.3. The highest BCUT2D eigenvalue weighted by molar-refractivity contribution is 5.92. The number of carbonyl (C=O) groups is 1. The van der Waals surface area contributed by atoms with E-state index < -0.39 is 0 Å². The number of nitrogens with zero attached hydrogens (tertiary/aromatic N) is 1. The van der Waals surface area contributed by atoms with Crippen molar-refractivity contribution in [3.05, 3.63) is 161 Å². The van der Waals surface area contributed by atoms with Gasteiger partial charge in [0.15, 0.2) is 5.76 Å². The van der Waals surface area contributed by atoms with Gasteiger partial charge in [-0.15, -0.1) is 0 Å². The van der Waals surface area contributed by atoms with E-state index in [-0.39, 0.29) is 23.5 Å². The van der Waals surface area contributed by atoms with E-state index in [0.29, 0.717) is 25.4 Å². The summed E-state index contributed by atoms with van der Waals surface area (Å²) in [5.41, 5.74) is 3.89. The van der Waals surface area contributed by atoms with Gasteiger partial charge in [-0.1, -0.05) is 84.9 Å². The number of rotatable bonds is 11. The Morgan fingerprint density at radius 2 is 1.43 bits per heavy atom. The van der Waals surface area contributed by atoms with Gasteiger partial charge in [-0.3, -0.25) is 9.69 Å². The first-order valence-electron chi connectivity index (χ1n) is 13.2. The second kappa shape index (κ2) is 12.9. The molecule has 0 atom stereocenters. The van der Waals surface area contributed by atoms with Gasteiger partial charge in [-0.05, 0) is 58.7 Å². The van der Waals surface area contributed by atoms with Crippen molar-refractivity contribution in [2.24, 2.45) is 0 Å². The number of hydrogen-bond acceptors (Lipinski definition) is 4. The molecule has 0 aliphatic rings. The van der Waals surface area contributed by atoms with Crippen LogP contribution in [0.3, 0.4) is 0 Å². The van der Waals surface area contributed by atoms with Crippen LogP contribution in [-0.2, 0) is 19.6 Å². The van der Waals surface area contributed by atoms with Crippen LogP contribution >= 0.6 is 0 Å². The molecule has 0 unspecified atom stereocenters. The molecular formula is C34H31FN2O3. The molecule has 0 aliphatic carbocycles. The fourth-order valence-electron chi connectivity index (χ4n) is 4.71. The van der Waals surface area contributed by atoms with Crippen molar-refractivity contribution >= 4 is 5.91 Å². The van der Waals surface area contributed by atoms with E-state index in [1.807, 2.05) is 97.1 Å². The SMILES string of the molecule is COc1ccc(CN(Cc2cccc(F)c2)Cc2ccc(C(=O)NC(c3ccccc3)c3ccccc3)o2)cc1. The molecule has 0 saturated heterocycles. The molecule has 0 fully saturated rings. The van der Waals surface area contributed by atoms with Gasteiger partial charge in [0.25, 0.3) is 5.91 Å². The van der Waals surface area contributed by atoms with Crippen molar-refractivity contribution in [2.45, 2.75) is 25.7 Å². The Balaban J connectivity index is 1.33. The van der Waals surface area contributed by atoms with Crippen LogP contribution < -0.4 is 10.1 Å². The summed E-state index contributed by atoms with van der Waals surface area (Å²) >= 11 is 0. The molecule has 202 valence electrons. The molecule has 1 heterocycles. The summed E-state index contributed by atoms with van der Waals surface area (Å²) in [4.78, 5) is 15.5. The number of hydrogen-bond donors (Lipinski definition) is 1. The monoisotopic (exact) mass is 534 g/mol. The van der Waals surface area contributed by atoms with E-state index in [9.17, 15) is 9.18 Å². The molecule has 0 saturated carbocycles. The van der Waals surface area contributed by atoms with Crippen LogP contribution in [0.1, 0.15) is 44.6 Å². The van der Waals surface area contributed by atoms with Crippen molar-refractivity contribution in [2.75, 3.05) is 7.11 Å². The lowest BCUT2D eigenvalue weighted by atomic mass is 9.98. The van der Waals surface area contributed by atoms with Crippen LogP contribution in [0.2, 0.25) is 0 Å². The molecule has 1 aromatic heterocycles. The van der Waals surface area contributed by atoms with Gasteiger partial charge < -0.3 is 14.5 Å². The number of furan rings is 1. The standard InChI is InChI=1S/C34H31FN2O3/c1-39-30-17-15-25(16-18-30)22-37(23-26-9-8-14-29(35)21-26)24-31-19-20-32(40-31)34(38)36-33(27-10-4-2-5-11-27)28-12-6-3-7-13-28/h2-21,33H,22-24H2,1H3,(H,36,38). The third-order valence-electron chi connectivity index (χ3n) is 6.67. The van der Waals surface area contributed by atoms with Crippen LogP contribution in [0, 0.1) is 5.82 Å². The van der Waals surface area contributed by atoms with Gasteiger partial charge in [0, 0.05) is 13.1 Å². The average Bonchev–Trinajstić information content (AvgIpc) is 3.46. The Hall–Kier alpha value is -4.68. The second-order valence-corrected chi connectivity index (χ2v) is 9.62. The minimum atomic E-state index is -0.317. The van der Waals surface area contributed by atoms with Crippen LogP contribution in [0.25, 0.3) is 0 Å². The van der Waals surface area contributed by atoms with Crippen molar-refractivity contribution in [3.63, 3.8) is 0 Å². The number of amides is 1. The molecule has 5 aromatic rings. The lowest BCUT2D eigenvalue weighted by Crippen LogP contribution is -2.29. The first-order chi connectivity index (χ1) is 19.6. The number of carbonyl (C=O) groups excluding carboxylic acids is 1. The summed E-state index contributed by atoms with van der Waals surface area (Å²) < 4.78 is 25.2. The topological polar surface area (TPSA) is 54.7 Å². The molecule has 6 heteroatoms. The maximum absolute atomic E-state index is 13.9. The quantitative estimate of drug-likeness (QED) is 0.196. The minimum absolute atomic E-state index is 0.238. The first kappa shape index (κ1) is 26.9. The first-order valence-corrected chi connectivity index (χ1v) is 13.2. The number of nitrogens with one attached hydrogen (secondary N) is 1. The Kier molecular flexibility index (Phi) is 8.69. The van der Waals surface area contributed by atoms with Crippen molar-refractivity contribution in [3.8, 4) is 5.75 Å². The highest BCUT2D eigenvalue weighted by Crippen LogP contribution is 2.23. The Bertz CT molecular complexity index is 1480. The van der Waals surface area contributed by atoms with E-state index in [1.54, 1.807) is 19.2 Å². The van der Waals surface area contributed by atoms with E-state index >= 15 is 0 Å².